The van der Waals surface area contributed by atoms with Gasteiger partial charge >= 0.3 is 0 Å². The van der Waals surface area contributed by atoms with Crippen LogP contribution >= 0.6 is 0 Å². The number of phenols is 1. The molecule has 1 aliphatic heterocycles. The Kier molecular flexibility index (Phi) is 5.55. The molecule has 0 saturated carbocycles. The molecule has 0 unspecified atom stereocenters. The maximum atomic E-state index is 9.58. The van der Waals surface area contributed by atoms with Gasteiger partial charge in [0.1, 0.15) is 11.5 Å². The van der Waals surface area contributed by atoms with Crippen LogP contribution in [0, 0.1) is 6.92 Å². The third-order valence-corrected chi connectivity index (χ3v) is 4.36. The first-order valence-electron chi connectivity index (χ1n) is 8.61. The number of ether oxygens (including phenoxy) is 1. The Bertz CT molecular complexity index is 674. The summed E-state index contributed by atoms with van der Waals surface area (Å²) in [6.07, 6.45) is 4.44. The topological polar surface area (TPSA) is 32.7 Å². The molecule has 0 bridgehead atoms. The molecule has 0 fully saturated rings. The fourth-order valence-corrected chi connectivity index (χ4v) is 3.12. The molecule has 0 spiro atoms. The molecule has 0 saturated heterocycles. The Morgan fingerprint density at radius 3 is 2.67 bits per heavy atom. The van der Waals surface area contributed by atoms with E-state index in [4.69, 9.17) is 4.74 Å². The Hall–Kier alpha value is -2.26. The van der Waals surface area contributed by atoms with Crippen molar-refractivity contribution in [1.82, 2.24) is 4.90 Å². The van der Waals surface area contributed by atoms with E-state index in [0.29, 0.717) is 6.61 Å². The molecular formula is C21H25NO2. The van der Waals surface area contributed by atoms with Crippen LogP contribution in [0.25, 0.3) is 5.57 Å². The number of aromatic hydroxyl groups is 1. The maximum Gasteiger partial charge on any atom is 0.123 e. The number of hydrogen-bond donors (Lipinski definition) is 1. The Balaban J connectivity index is 1.41. The van der Waals surface area contributed by atoms with Gasteiger partial charge in [-0.3, -0.25) is 4.90 Å². The van der Waals surface area contributed by atoms with Gasteiger partial charge in [0.15, 0.2) is 0 Å². The van der Waals surface area contributed by atoms with Crippen LogP contribution in [0.15, 0.2) is 54.6 Å². The predicted octanol–water partition coefficient (Wildman–Crippen LogP) is 4.26. The van der Waals surface area contributed by atoms with Gasteiger partial charge in [-0.25, -0.2) is 0 Å². The second-order valence-electron chi connectivity index (χ2n) is 6.35. The van der Waals surface area contributed by atoms with E-state index in [1.807, 2.05) is 13.0 Å². The lowest BCUT2D eigenvalue weighted by atomic mass is 9.99. The lowest BCUT2D eigenvalue weighted by Gasteiger charge is -2.26. The fraction of sp³-hybridized carbons (Fsp3) is 0.333. The molecule has 1 heterocycles. The van der Waals surface area contributed by atoms with Crippen LogP contribution < -0.4 is 4.74 Å². The van der Waals surface area contributed by atoms with Crippen molar-refractivity contribution in [3.05, 3.63) is 65.7 Å². The molecule has 0 radical (unpaired) electrons. The molecule has 1 N–H and O–H groups in total. The second kappa shape index (κ2) is 8.02. The number of hydrogen-bond acceptors (Lipinski definition) is 3. The van der Waals surface area contributed by atoms with Crippen molar-refractivity contribution in [3.63, 3.8) is 0 Å². The molecule has 0 aromatic heterocycles. The van der Waals surface area contributed by atoms with Crippen molar-refractivity contribution in [2.75, 3.05) is 26.2 Å². The number of phenolic OH excluding ortho intramolecular Hbond substituents is 1. The van der Waals surface area contributed by atoms with Crippen LogP contribution in [-0.2, 0) is 0 Å². The van der Waals surface area contributed by atoms with Gasteiger partial charge in [-0.2, -0.15) is 0 Å². The van der Waals surface area contributed by atoms with E-state index in [0.717, 1.165) is 43.8 Å². The molecule has 2 aromatic carbocycles. The summed E-state index contributed by atoms with van der Waals surface area (Å²) in [4.78, 5) is 2.46. The lowest BCUT2D eigenvalue weighted by molar-refractivity contribution is 0.248. The van der Waals surface area contributed by atoms with Crippen LogP contribution in [-0.4, -0.2) is 36.2 Å². The summed E-state index contributed by atoms with van der Waals surface area (Å²) in [6, 6.07) is 16.0. The maximum absolute atomic E-state index is 9.58. The number of benzene rings is 2. The van der Waals surface area contributed by atoms with Crippen molar-refractivity contribution < 1.29 is 9.84 Å². The summed E-state index contributed by atoms with van der Waals surface area (Å²) >= 11 is 0. The van der Waals surface area contributed by atoms with Gasteiger partial charge in [-0.1, -0.05) is 36.4 Å². The predicted molar refractivity (Wildman–Crippen MR) is 98.4 cm³/mol. The quantitative estimate of drug-likeness (QED) is 0.806. The van der Waals surface area contributed by atoms with E-state index in [1.165, 1.54) is 11.1 Å². The molecule has 3 nitrogen and oxygen atoms in total. The highest BCUT2D eigenvalue weighted by Crippen LogP contribution is 2.23. The zero-order valence-corrected chi connectivity index (χ0v) is 14.2. The highest BCUT2D eigenvalue weighted by Gasteiger charge is 2.12. The van der Waals surface area contributed by atoms with E-state index in [2.05, 4.69) is 41.3 Å². The summed E-state index contributed by atoms with van der Waals surface area (Å²) in [7, 11) is 0. The van der Waals surface area contributed by atoms with Crippen LogP contribution in [0.1, 0.15) is 24.0 Å². The highest BCUT2D eigenvalue weighted by molar-refractivity contribution is 5.66. The first-order chi connectivity index (χ1) is 11.7. The van der Waals surface area contributed by atoms with E-state index in [9.17, 15) is 5.11 Å². The summed E-state index contributed by atoms with van der Waals surface area (Å²) in [6.45, 7) is 5.78. The molecule has 3 heteroatoms. The van der Waals surface area contributed by atoms with Gasteiger partial charge in [0.05, 0.1) is 6.61 Å². The highest BCUT2D eigenvalue weighted by atomic mass is 16.5. The van der Waals surface area contributed by atoms with E-state index in [-0.39, 0.29) is 5.75 Å². The van der Waals surface area contributed by atoms with Gasteiger partial charge in [-0.05, 0) is 48.6 Å². The average molecular weight is 323 g/mol. The largest absolute Gasteiger partial charge is 0.508 e. The summed E-state index contributed by atoms with van der Waals surface area (Å²) < 4.78 is 5.75. The minimum Gasteiger partial charge on any atom is -0.508 e. The molecule has 126 valence electrons. The Labute approximate surface area is 144 Å². The van der Waals surface area contributed by atoms with Gasteiger partial charge in [0.25, 0.3) is 0 Å². The zero-order chi connectivity index (χ0) is 16.8. The lowest BCUT2D eigenvalue weighted by Crippen LogP contribution is -2.30. The minimum absolute atomic E-state index is 0.264. The standard InChI is InChI=1S/C21H25NO2/c1-17-14-20(23)16-21(15-17)24-13-5-10-22-11-8-19(9-12-22)18-6-3-2-4-7-18/h2-4,6-8,14-16,23H,5,9-13H2,1H3. The van der Waals surface area contributed by atoms with E-state index < -0.39 is 0 Å². The Morgan fingerprint density at radius 2 is 1.96 bits per heavy atom. The molecule has 24 heavy (non-hydrogen) atoms. The smallest absolute Gasteiger partial charge is 0.123 e. The molecule has 0 aliphatic carbocycles. The van der Waals surface area contributed by atoms with Gasteiger partial charge < -0.3 is 9.84 Å². The van der Waals surface area contributed by atoms with Crippen molar-refractivity contribution in [3.8, 4) is 11.5 Å². The average Bonchev–Trinajstić information content (AvgIpc) is 2.59. The normalized spacial score (nSPS) is 15.1. The third kappa shape index (κ3) is 4.62. The van der Waals surface area contributed by atoms with Crippen LogP contribution in [0.2, 0.25) is 0 Å². The minimum atomic E-state index is 0.264. The molecule has 1 aliphatic rings. The van der Waals surface area contributed by atoms with Gasteiger partial charge in [0, 0.05) is 25.7 Å². The second-order valence-corrected chi connectivity index (χ2v) is 6.35. The van der Waals surface area contributed by atoms with Crippen LogP contribution in [0.3, 0.4) is 0 Å². The number of nitrogens with zero attached hydrogens (tertiary/aromatic N) is 1. The SMILES string of the molecule is Cc1cc(O)cc(OCCCN2CC=C(c3ccccc3)CC2)c1. The first-order valence-corrected chi connectivity index (χ1v) is 8.61. The summed E-state index contributed by atoms with van der Waals surface area (Å²) in [5.41, 5.74) is 3.82. The molecule has 2 aromatic rings. The van der Waals surface area contributed by atoms with Crippen LogP contribution in [0.4, 0.5) is 0 Å². The Morgan fingerprint density at radius 1 is 1.12 bits per heavy atom. The molecule has 0 atom stereocenters. The molecule has 0 amide bonds. The third-order valence-electron chi connectivity index (χ3n) is 4.36. The number of aryl methyl sites for hydroxylation is 1. The number of rotatable bonds is 6. The van der Waals surface area contributed by atoms with Gasteiger partial charge in [-0.15, -0.1) is 0 Å². The van der Waals surface area contributed by atoms with Crippen molar-refractivity contribution in [1.29, 1.82) is 0 Å². The summed E-state index contributed by atoms with van der Waals surface area (Å²) in [5, 5.41) is 9.58. The fourth-order valence-electron chi connectivity index (χ4n) is 3.12. The van der Waals surface area contributed by atoms with E-state index >= 15 is 0 Å². The van der Waals surface area contributed by atoms with Crippen LogP contribution in [0.5, 0.6) is 11.5 Å². The van der Waals surface area contributed by atoms with Crippen molar-refractivity contribution >= 4 is 5.57 Å². The molecular weight excluding hydrogens is 298 g/mol. The first kappa shape index (κ1) is 16.6. The van der Waals surface area contributed by atoms with Crippen molar-refractivity contribution in [2.45, 2.75) is 19.8 Å². The van der Waals surface area contributed by atoms with E-state index in [1.54, 1.807) is 12.1 Å². The zero-order valence-electron chi connectivity index (χ0n) is 14.2. The summed E-state index contributed by atoms with van der Waals surface area (Å²) in [5.74, 6) is 1.01. The van der Waals surface area contributed by atoms with Gasteiger partial charge in [0.2, 0.25) is 0 Å². The molecule has 3 rings (SSSR count). The van der Waals surface area contributed by atoms with Crippen molar-refractivity contribution in [2.24, 2.45) is 0 Å². The monoisotopic (exact) mass is 323 g/mol.